The zero-order chi connectivity index (χ0) is 31.7. The van der Waals surface area contributed by atoms with Crippen LogP contribution in [0.1, 0.15) is 67.1 Å². The van der Waals surface area contributed by atoms with Gasteiger partial charge in [0.1, 0.15) is 11.6 Å². The molecule has 2 atom stereocenters. The van der Waals surface area contributed by atoms with Crippen LogP contribution in [0.5, 0.6) is 0 Å². The van der Waals surface area contributed by atoms with Gasteiger partial charge in [0.15, 0.2) is 5.78 Å². The Hall–Kier alpha value is -4.57. The van der Waals surface area contributed by atoms with E-state index in [-0.39, 0.29) is 46.5 Å². The Morgan fingerprint density at radius 1 is 1.07 bits per heavy atom. The van der Waals surface area contributed by atoms with E-state index >= 15 is 8.78 Å². The minimum Gasteiger partial charge on any atom is -0.465 e. The summed E-state index contributed by atoms with van der Waals surface area (Å²) in [5.41, 5.74) is 2.50. The van der Waals surface area contributed by atoms with E-state index < -0.39 is 35.6 Å². The maximum absolute atomic E-state index is 15.2. The molecule has 0 fully saturated rings. The van der Waals surface area contributed by atoms with Crippen LogP contribution in [-0.4, -0.2) is 40.2 Å². The lowest BCUT2D eigenvalue weighted by Crippen LogP contribution is -2.37. The number of halogens is 3. The Kier molecular flexibility index (Phi) is 8.82. The van der Waals surface area contributed by atoms with Crippen LogP contribution >= 0.6 is 11.6 Å². The fourth-order valence-corrected chi connectivity index (χ4v) is 6.04. The van der Waals surface area contributed by atoms with Crippen molar-refractivity contribution in [1.29, 1.82) is 0 Å². The van der Waals surface area contributed by atoms with Crippen LogP contribution in [0, 0.1) is 17.6 Å². The lowest BCUT2D eigenvalue weighted by Gasteiger charge is -2.35. The molecule has 0 aliphatic carbocycles. The molecule has 0 saturated heterocycles. The van der Waals surface area contributed by atoms with Gasteiger partial charge in [-0.25, -0.2) is 13.6 Å². The first-order chi connectivity index (χ1) is 20.9. The van der Waals surface area contributed by atoms with E-state index in [1.54, 1.807) is 24.0 Å². The normalized spacial score (nSPS) is 18.8. The number of carboxylic acid groups (broad SMARTS) is 1. The number of benzene rings is 3. The summed E-state index contributed by atoms with van der Waals surface area (Å²) in [6, 6.07) is 11.2. The summed E-state index contributed by atoms with van der Waals surface area (Å²) in [6.45, 7) is 3.28. The number of anilines is 2. The second-order valence-corrected chi connectivity index (χ2v) is 11.5. The van der Waals surface area contributed by atoms with Crippen molar-refractivity contribution >= 4 is 52.2 Å². The quantitative estimate of drug-likeness (QED) is 0.258. The molecule has 44 heavy (non-hydrogen) atoms. The first kappa shape index (κ1) is 30.9. The van der Waals surface area contributed by atoms with Crippen molar-refractivity contribution in [3.8, 4) is 11.1 Å². The molecule has 0 unspecified atom stereocenters. The first-order valence-corrected chi connectivity index (χ1v) is 14.6. The highest BCUT2D eigenvalue weighted by Crippen LogP contribution is 2.39. The average Bonchev–Trinajstić information content (AvgIpc) is 2.95. The number of amides is 3. The van der Waals surface area contributed by atoms with Crippen molar-refractivity contribution in [2.75, 3.05) is 17.2 Å². The molecule has 0 aromatic heterocycles. The number of ketones is 1. The fourth-order valence-electron chi connectivity index (χ4n) is 5.89. The second kappa shape index (κ2) is 12.6. The number of carbonyl (C=O) groups is 4. The van der Waals surface area contributed by atoms with Crippen LogP contribution in [0.4, 0.5) is 25.0 Å². The van der Waals surface area contributed by atoms with Gasteiger partial charge in [-0.3, -0.25) is 19.7 Å². The molecule has 2 heterocycles. The van der Waals surface area contributed by atoms with E-state index in [2.05, 4.69) is 10.6 Å². The molecule has 3 aromatic rings. The van der Waals surface area contributed by atoms with Gasteiger partial charge in [-0.15, -0.1) is 0 Å². The number of carbonyl (C=O) groups excluding carboxylic acids is 3. The number of hydrogen-bond acceptors (Lipinski definition) is 4. The van der Waals surface area contributed by atoms with Crippen LogP contribution in [0.15, 0.2) is 54.6 Å². The third-order valence-electron chi connectivity index (χ3n) is 8.08. The molecule has 5 rings (SSSR count). The van der Waals surface area contributed by atoms with Crippen molar-refractivity contribution in [2.45, 2.75) is 45.6 Å². The number of Topliss-reactive ketones (excluding diaryl/α,β-unsaturated/α-hetero) is 1. The van der Waals surface area contributed by atoms with Crippen LogP contribution in [0.25, 0.3) is 16.7 Å². The molecule has 0 spiro atoms. The van der Waals surface area contributed by atoms with Crippen molar-refractivity contribution < 1.29 is 33.1 Å². The lowest BCUT2D eigenvalue weighted by molar-refractivity contribution is -0.129. The zero-order valence-corrected chi connectivity index (χ0v) is 24.8. The molecule has 8 nitrogen and oxygen atoms in total. The van der Waals surface area contributed by atoms with Crippen LogP contribution in [-0.2, 0) is 9.59 Å². The smallest absolute Gasteiger partial charge is 0.409 e. The molecule has 228 valence electrons. The van der Waals surface area contributed by atoms with Gasteiger partial charge in [0.2, 0.25) is 11.8 Å². The van der Waals surface area contributed by atoms with E-state index in [0.29, 0.717) is 47.2 Å². The Morgan fingerprint density at radius 2 is 1.84 bits per heavy atom. The molecular weight excluding hydrogens is 592 g/mol. The highest BCUT2D eigenvalue weighted by molar-refractivity contribution is 6.31. The number of hydrogen-bond donors (Lipinski definition) is 3. The molecule has 0 saturated carbocycles. The molecule has 2 aliphatic rings. The van der Waals surface area contributed by atoms with E-state index in [4.69, 9.17) is 16.7 Å². The number of rotatable bonds is 4. The maximum Gasteiger partial charge on any atom is 0.409 e. The van der Waals surface area contributed by atoms with Gasteiger partial charge in [0.25, 0.3) is 0 Å². The van der Waals surface area contributed by atoms with Gasteiger partial charge in [-0.1, -0.05) is 31.0 Å². The summed E-state index contributed by atoms with van der Waals surface area (Å²) in [5, 5.41) is 14.1. The summed E-state index contributed by atoms with van der Waals surface area (Å²) in [6.07, 6.45) is 1.73. The Bertz CT molecular complexity index is 1720. The largest absolute Gasteiger partial charge is 0.465 e. The monoisotopic (exact) mass is 621 g/mol. The molecule has 3 aromatic carbocycles. The van der Waals surface area contributed by atoms with E-state index in [1.165, 1.54) is 49.4 Å². The zero-order valence-electron chi connectivity index (χ0n) is 24.0. The molecular formula is C33H30ClF2N3O5. The fraction of sp³-hybridized carbons (Fsp3) is 0.273. The van der Waals surface area contributed by atoms with Gasteiger partial charge < -0.3 is 15.3 Å². The molecule has 3 amide bonds. The van der Waals surface area contributed by atoms with E-state index in [9.17, 15) is 19.2 Å². The van der Waals surface area contributed by atoms with Crippen molar-refractivity contribution in [3.05, 3.63) is 88.0 Å². The number of nitrogens with one attached hydrogen (secondary N) is 2. The molecule has 2 bridgehead atoms. The molecule has 3 N–H and O–H groups in total. The Labute approximate surface area is 257 Å². The van der Waals surface area contributed by atoms with Crippen molar-refractivity contribution in [1.82, 2.24) is 4.90 Å². The summed E-state index contributed by atoms with van der Waals surface area (Å²) in [4.78, 5) is 51.8. The second-order valence-electron chi connectivity index (χ2n) is 11.1. The van der Waals surface area contributed by atoms with Gasteiger partial charge in [0.05, 0.1) is 16.8 Å². The summed E-state index contributed by atoms with van der Waals surface area (Å²) < 4.78 is 30.4. The SMILES string of the molecule is CC(=O)c1ccc(Cl)c(F)c1C1=CC(=O)N([C@H]2CCC[C@@H](C)C(=O)Nc3cc(NC(=O)O)ccc3-c3cc(F)cc2c3)CC1. The number of fused-ring (bicyclic) bond motifs is 4. The number of nitrogens with zero attached hydrogens (tertiary/aromatic N) is 1. The van der Waals surface area contributed by atoms with Gasteiger partial charge in [-0.2, -0.15) is 0 Å². The van der Waals surface area contributed by atoms with Crippen molar-refractivity contribution in [2.24, 2.45) is 5.92 Å². The van der Waals surface area contributed by atoms with Gasteiger partial charge in [-0.05, 0) is 85.4 Å². The Morgan fingerprint density at radius 3 is 2.55 bits per heavy atom. The molecule has 11 heteroatoms. The topological polar surface area (TPSA) is 116 Å². The minimum atomic E-state index is -1.27. The van der Waals surface area contributed by atoms with Gasteiger partial charge >= 0.3 is 6.09 Å². The summed E-state index contributed by atoms with van der Waals surface area (Å²) in [7, 11) is 0. The highest BCUT2D eigenvalue weighted by atomic mass is 35.5. The van der Waals surface area contributed by atoms with Crippen LogP contribution < -0.4 is 10.6 Å². The third-order valence-corrected chi connectivity index (χ3v) is 8.37. The minimum absolute atomic E-state index is 0.0120. The van der Waals surface area contributed by atoms with Gasteiger partial charge in [0, 0.05) is 40.9 Å². The highest BCUT2D eigenvalue weighted by Gasteiger charge is 2.31. The van der Waals surface area contributed by atoms with E-state index in [0.717, 1.165) is 0 Å². The van der Waals surface area contributed by atoms with E-state index in [1.807, 2.05) is 0 Å². The lowest BCUT2D eigenvalue weighted by atomic mass is 9.89. The standard InChI is InChI=1S/C33H30ClF2N3O5/c1-17-4-3-5-28(39-11-10-19(15-29(39)41)30-24(18(2)40)8-9-26(34)31(30)36)21-12-20(13-22(35)14-21)25-7-6-23(37-33(43)44)16-27(25)38-32(17)42/h6-9,12-17,28,37H,3-5,10-11H2,1-2H3,(H,38,42)(H,43,44)/t17-,28+/m1/s1. The predicted molar refractivity (Wildman–Crippen MR) is 164 cm³/mol. The first-order valence-electron chi connectivity index (χ1n) is 14.2. The maximum atomic E-state index is 15.2. The van der Waals surface area contributed by atoms with Crippen LogP contribution in [0.2, 0.25) is 5.02 Å². The molecule has 2 aliphatic heterocycles. The third kappa shape index (κ3) is 6.35. The average molecular weight is 622 g/mol. The summed E-state index contributed by atoms with van der Waals surface area (Å²) in [5.74, 6) is -2.78. The van der Waals surface area contributed by atoms with Crippen LogP contribution in [0.3, 0.4) is 0 Å². The Balaban J connectivity index is 1.57. The van der Waals surface area contributed by atoms with Crippen molar-refractivity contribution in [3.63, 3.8) is 0 Å². The summed E-state index contributed by atoms with van der Waals surface area (Å²) >= 11 is 6.02. The predicted octanol–water partition coefficient (Wildman–Crippen LogP) is 7.69. The molecule has 0 radical (unpaired) electrons.